The van der Waals surface area contributed by atoms with Crippen LogP contribution in [0.25, 0.3) is 0 Å². The predicted octanol–water partition coefficient (Wildman–Crippen LogP) is 5.79. The Hall–Kier alpha value is -5.79. The van der Waals surface area contributed by atoms with Crippen molar-refractivity contribution in [1.29, 1.82) is 0 Å². The summed E-state index contributed by atoms with van der Waals surface area (Å²) >= 11 is 0. The molecular weight excluding hydrogens is 759 g/mol. The van der Waals surface area contributed by atoms with E-state index in [0.717, 1.165) is 113 Å². The van der Waals surface area contributed by atoms with Crippen molar-refractivity contribution >= 4 is 23.6 Å². The van der Waals surface area contributed by atoms with Crippen LogP contribution < -0.4 is 20.1 Å². The summed E-state index contributed by atoms with van der Waals surface area (Å²) in [6, 6.07) is 22.1. The molecule has 1 aromatic heterocycles. The lowest BCUT2D eigenvalue weighted by molar-refractivity contribution is 0.0716. The minimum Gasteiger partial charge on any atom is -0.457 e. The number of amides is 4. The Morgan fingerprint density at radius 2 is 1.13 bits per heavy atom. The average Bonchev–Trinajstić information content (AvgIpc) is 3.65. The topological polar surface area (TPSA) is 137 Å². The van der Waals surface area contributed by atoms with E-state index in [4.69, 9.17) is 9.47 Å². The van der Waals surface area contributed by atoms with Gasteiger partial charge in [-0.2, -0.15) is 0 Å². The zero-order valence-electron chi connectivity index (χ0n) is 34.5. The molecule has 0 atom stereocenters. The van der Waals surface area contributed by atoms with Crippen LogP contribution in [0, 0.1) is 0 Å². The maximum absolute atomic E-state index is 12.9. The summed E-state index contributed by atoms with van der Waals surface area (Å²) in [5.74, 6) is 2.45. The van der Waals surface area contributed by atoms with Crippen LogP contribution in [-0.4, -0.2) is 127 Å². The number of fused-ring (bicyclic) bond motifs is 2. The number of aromatic nitrogens is 1. The van der Waals surface area contributed by atoms with Crippen LogP contribution in [0.5, 0.6) is 23.1 Å². The van der Waals surface area contributed by atoms with Crippen molar-refractivity contribution in [3.63, 3.8) is 0 Å². The van der Waals surface area contributed by atoms with Gasteiger partial charge in [-0.05, 0) is 155 Å². The van der Waals surface area contributed by atoms with Gasteiger partial charge >= 0.3 is 0 Å². The Kier molecular flexibility index (Phi) is 13.0. The zero-order valence-corrected chi connectivity index (χ0v) is 34.5. The molecule has 0 bridgehead atoms. The van der Waals surface area contributed by atoms with Crippen molar-refractivity contribution in [2.75, 3.05) is 72.5 Å². The first kappa shape index (κ1) is 41.0. The van der Waals surface area contributed by atoms with E-state index >= 15 is 0 Å². The molecule has 2 N–H and O–H groups in total. The number of nitrogens with zero attached hydrogens (tertiary/aromatic N) is 5. The minimum absolute atomic E-state index is 0.0318. The van der Waals surface area contributed by atoms with Gasteiger partial charge in [-0.15, -0.1) is 0 Å². The maximum Gasteiger partial charge on any atom is 0.254 e. The summed E-state index contributed by atoms with van der Waals surface area (Å²) in [6.45, 7) is 9.63. The van der Waals surface area contributed by atoms with Gasteiger partial charge in [0, 0.05) is 81.3 Å². The van der Waals surface area contributed by atoms with Crippen molar-refractivity contribution < 1.29 is 28.7 Å². The fourth-order valence-electron chi connectivity index (χ4n) is 8.26. The number of carbonyl (C=O) groups is 4. The third-order valence-corrected chi connectivity index (χ3v) is 12.0. The Balaban J connectivity index is 0.000000167. The predicted molar refractivity (Wildman–Crippen MR) is 228 cm³/mol. The molecule has 4 aromatic rings. The molecular formula is C47H55N7O6. The third kappa shape index (κ3) is 10.3. The fraction of sp³-hybridized carbons (Fsp3) is 0.426. The van der Waals surface area contributed by atoms with Gasteiger partial charge in [-0.3, -0.25) is 19.2 Å². The van der Waals surface area contributed by atoms with Crippen LogP contribution in [0.2, 0.25) is 0 Å². The summed E-state index contributed by atoms with van der Waals surface area (Å²) in [7, 11) is 1.58. The van der Waals surface area contributed by atoms with Gasteiger partial charge in [0.15, 0.2) is 0 Å². The molecule has 314 valence electrons. The van der Waals surface area contributed by atoms with Gasteiger partial charge < -0.3 is 39.7 Å². The summed E-state index contributed by atoms with van der Waals surface area (Å²) in [4.78, 5) is 62.4. The first-order valence-electron chi connectivity index (χ1n) is 21.5. The molecule has 4 aliphatic heterocycles. The highest BCUT2D eigenvalue weighted by atomic mass is 16.5. The van der Waals surface area contributed by atoms with Gasteiger partial charge in [0.2, 0.25) is 5.88 Å². The van der Waals surface area contributed by atoms with E-state index < -0.39 is 0 Å². The molecule has 13 heteroatoms. The SMILES string of the molecule is CNC(=O)c1ccc(Oc2ccc3c(c2)CCN(CCN2CCCC2)C3=O)nc1.O=C(NC1CC1)c1ccc(Oc2ccc3c(c2)CCN(CCN2CCCC2)C3=O)cc1. The van der Waals surface area contributed by atoms with Crippen LogP contribution >= 0.6 is 0 Å². The number of likely N-dealkylation sites (tertiary alicyclic amines) is 2. The van der Waals surface area contributed by atoms with Gasteiger partial charge in [0.05, 0.1) is 5.56 Å². The van der Waals surface area contributed by atoms with Crippen LogP contribution in [-0.2, 0) is 12.8 Å². The number of nitrogens with one attached hydrogen (secondary N) is 2. The second-order valence-corrected chi connectivity index (χ2v) is 16.3. The van der Waals surface area contributed by atoms with Gasteiger partial charge in [-0.1, -0.05) is 0 Å². The van der Waals surface area contributed by atoms with Gasteiger partial charge in [0.1, 0.15) is 17.2 Å². The van der Waals surface area contributed by atoms with Crippen molar-refractivity contribution in [1.82, 2.24) is 35.2 Å². The normalized spacial score (nSPS) is 17.7. The van der Waals surface area contributed by atoms with E-state index in [1.165, 1.54) is 31.9 Å². The molecule has 3 aromatic carbocycles. The third-order valence-electron chi connectivity index (χ3n) is 12.0. The van der Waals surface area contributed by atoms with Crippen molar-refractivity contribution in [3.05, 3.63) is 112 Å². The largest absolute Gasteiger partial charge is 0.457 e. The number of rotatable bonds is 13. The second kappa shape index (κ2) is 19.1. The highest BCUT2D eigenvalue weighted by Gasteiger charge is 2.28. The number of pyridine rings is 1. The maximum atomic E-state index is 12.9. The van der Waals surface area contributed by atoms with E-state index in [0.29, 0.717) is 40.3 Å². The zero-order chi connectivity index (χ0) is 41.4. The molecule has 3 fully saturated rings. The Labute approximate surface area is 352 Å². The summed E-state index contributed by atoms with van der Waals surface area (Å²) < 4.78 is 11.8. The molecule has 4 amide bonds. The molecule has 1 aliphatic carbocycles. The molecule has 0 spiro atoms. The van der Waals surface area contributed by atoms with Crippen LogP contribution in [0.15, 0.2) is 79.0 Å². The number of hydrogen-bond acceptors (Lipinski definition) is 9. The van der Waals surface area contributed by atoms with E-state index in [1.807, 2.05) is 52.3 Å². The summed E-state index contributed by atoms with van der Waals surface area (Å²) in [5.41, 5.74) is 4.71. The first-order chi connectivity index (χ1) is 29.3. The van der Waals surface area contributed by atoms with E-state index in [2.05, 4.69) is 25.4 Å². The van der Waals surface area contributed by atoms with Gasteiger partial charge in [-0.25, -0.2) is 4.98 Å². The summed E-state index contributed by atoms with van der Waals surface area (Å²) in [6.07, 6.45) is 10.4. The Bertz CT molecular complexity index is 2160. The number of ether oxygens (including phenoxy) is 2. The minimum atomic E-state index is -0.189. The monoisotopic (exact) mass is 813 g/mol. The molecule has 0 radical (unpaired) electrons. The fourth-order valence-corrected chi connectivity index (χ4v) is 8.26. The number of carbonyl (C=O) groups excluding carboxylic acids is 4. The first-order valence-corrected chi connectivity index (χ1v) is 21.5. The Morgan fingerprint density at radius 3 is 1.63 bits per heavy atom. The van der Waals surface area contributed by atoms with Crippen molar-refractivity contribution in [2.24, 2.45) is 0 Å². The molecule has 9 rings (SSSR count). The number of hydrogen-bond donors (Lipinski definition) is 2. The molecule has 5 aliphatic rings. The van der Waals surface area contributed by atoms with Crippen LogP contribution in [0.1, 0.15) is 91.1 Å². The highest BCUT2D eigenvalue weighted by Crippen LogP contribution is 2.29. The van der Waals surface area contributed by atoms with Crippen LogP contribution in [0.3, 0.4) is 0 Å². The highest BCUT2D eigenvalue weighted by molar-refractivity contribution is 5.98. The van der Waals surface area contributed by atoms with Crippen molar-refractivity contribution in [2.45, 2.75) is 57.4 Å². The van der Waals surface area contributed by atoms with E-state index in [-0.39, 0.29) is 23.6 Å². The smallest absolute Gasteiger partial charge is 0.254 e. The van der Waals surface area contributed by atoms with E-state index in [9.17, 15) is 19.2 Å². The Morgan fingerprint density at radius 1 is 0.617 bits per heavy atom. The number of benzene rings is 3. The average molecular weight is 814 g/mol. The van der Waals surface area contributed by atoms with Crippen LogP contribution in [0.4, 0.5) is 0 Å². The molecule has 1 saturated carbocycles. The van der Waals surface area contributed by atoms with E-state index in [1.54, 1.807) is 37.4 Å². The quantitative estimate of drug-likeness (QED) is 0.172. The van der Waals surface area contributed by atoms with Gasteiger partial charge in [0.25, 0.3) is 23.6 Å². The molecule has 13 nitrogen and oxygen atoms in total. The lowest BCUT2D eigenvalue weighted by Gasteiger charge is -2.30. The second-order valence-electron chi connectivity index (χ2n) is 16.3. The lowest BCUT2D eigenvalue weighted by Crippen LogP contribution is -2.42. The van der Waals surface area contributed by atoms with Crippen molar-refractivity contribution in [3.8, 4) is 23.1 Å². The molecule has 2 saturated heterocycles. The summed E-state index contributed by atoms with van der Waals surface area (Å²) in [5, 5.41) is 5.55. The standard InChI is InChI=1S/C25H29N3O3.C22H26N4O3/c29-24(26-20-5-6-20)18-3-7-21(8-4-18)31-22-9-10-23-19(17-22)11-14-28(25(23)30)16-15-27-12-1-2-13-27;1-23-21(27)17-4-7-20(24-15-17)29-18-5-6-19-16(14-18)8-11-26(22(19)28)13-12-25-9-2-3-10-25/h3-4,7-10,17,20H,1-2,5-6,11-16H2,(H,26,29);4-7,14-15H,2-3,8-13H2,1H3,(H,23,27). The lowest BCUT2D eigenvalue weighted by atomic mass is 9.98. The molecule has 0 unspecified atom stereocenters. The molecule has 5 heterocycles. The molecule has 60 heavy (non-hydrogen) atoms.